The predicted molar refractivity (Wildman–Crippen MR) is 128 cm³/mol. The van der Waals surface area contributed by atoms with Crippen LogP contribution < -0.4 is 4.90 Å². The lowest BCUT2D eigenvalue weighted by atomic mass is 10.1. The fraction of sp³-hybridized carbons (Fsp3) is 0.423. The molecule has 0 aromatic heterocycles. The van der Waals surface area contributed by atoms with Crippen molar-refractivity contribution >= 4 is 17.7 Å². The first-order valence-corrected chi connectivity index (χ1v) is 11.5. The van der Waals surface area contributed by atoms with Gasteiger partial charge in [0.2, 0.25) is 5.91 Å². The molecule has 0 N–H and O–H groups in total. The standard InChI is InChI=1S/C26H34N4O/c1-23(26(31)30-21-19-29(20-22-30)25-12-6-3-7-13-25)28-17-15-27(16-18-28)14-8-11-24-9-4-2-5-10-24/h2-13,23H,14-22H2,1H3/b11-8+/t23-/m0/s1. The van der Waals surface area contributed by atoms with Crippen molar-refractivity contribution in [2.75, 3.05) is 63.8 Å². The number of amides is 1. The number of anilines is 1. The predicted octanol–water partition coefficient (Wildman–Crippen LogP) is 3.05. The summed E-state index contributed by atoms with van der Waals surface area (Å²) >= 11 is 0. The Morgan fingerprint density at radius 2 is 1.45 bits per heavy atom. The number of carbonyl (C=O) groups is 1. The van der Waals surface area contributed by atoms with Gasteiger partial charge in [-0.3, -0.25) is 14.6 Å². The van der Waals surface area contributed by atoms with E-state index in [1.54, 1.807) is 0 Å². The summed E-state index contributed by atoms with van der Waals surface area (Å²) in [6.45, 7) is 10.4. The Morgan fingerprint density at radius 3 is 2.10 bits per heavy atom. The van der Waals surface area contributed by atoms with Gasteiger partial charge in [-0.2, -0.15) is 0 Å². The van der Waals surface area contributed by atoms with Crippen LogP contribution in [0.25, 0.3) is 6.08 Å². The highest BCUT2D eigenvalue weighted by molar-refractivity contribution is 5.81. The van der Waals surface area contributed by atoms with E-state index in [1.807, 2.05) is 12.1 Å². The van der Waals surface area contributed by atoms with Crippen molar-refractivity contribution in [1.29, 1.82) is 0 Å². The van der Waals surface area contributed by atoms with Crippen molar-refractivity contribution < 1.29 is 4.79 Å². The van der Waals surface area contributed by atoms with E-state index in [2.05, 4.69) is 87.2 Å². The zero-order chi connectivity index (χ0) is 21.5. The largest absolute Gasteiger partial charge is 0.368 e. The molecule has 5 heteroatoms. The number of piperazine rings is 2. The van der Waals surface area contributed by atoms with Crippen molar-refractivity contribution in [3.05, 3.63) is 72.3 Å². The van der Waals surface area contributed by atoms with Gasteiger partial charge in [0.05, 0.1) is 6.04 Å². The Balaban J connectivity index is 1.20. The number of para-hydroxylation sites is 1. The van der Waals surface area contributed by atoms with Crippen LogP contribution in [0.5, 0.6) is 0 Å². The van der Waals surface area contributed by atoms with E-state index in [4.69, 9.17) is 0 Å². The first-order chi connectivity index (χ1) is 15.2. The van der Waals surface area contributed by atoms with E-state index >= 15 is 0 Å². The van der Waals surface area contributed by atoms with Crippen LogP contribution in [-0.2, 0) is 4.79 Å². The molecule has 5 nitrogen and oxygen atoms in total. The lowest BCUT2D eigenvalue weighted by molar-refractivity contribution is -0.137. The number of benzene rings is 2. The maximum absolute atomic E-state index is 13.1. The van der Waals surface area contributed by atoms with E-state index < -0.39 is 0 Å². The van der Waals surface area contributed by atoms with Gasteiger partial charge in [-0.1, -0.05) is 60.7 Å². The van der Waals surface area contributed by atoms with Crippen LogP contribution in [0.3, 0.4) is 0 Å². The van der Waals surface area contributed by atoms with Crippen molar-refractivity contribution in [2.24, 2.45) is 0 Å². The highest BCUT2D eigenvalue weighted by Gasteiger charge is 2.30. The summed E-state index contributed by atoms with van der Waals surface area (Å²) in [4.78, 5) is 22.3. The summed E-state index contributed by atoms with van der Waals surface area (Å²) < 4.78 is 0. The number of hydrogen-bond donors (Lipinski definition) is 0. The molecular weight excluding hydrogens is 384 g/mol. The Labute approximate surface area is 186 Å². The Kier molecular flexibility index (Phi) is 7.39. The molecule has 0 unspecified atom stereocenters. The summed E-state index contributed by atoms with van der Waals surface area (Å²) in [5, 5.41) is 0. The second-order valence-electron chi connectivity index (χ2n) is 8.47. The Morgan fingerprint density at radius 1 is 0.839 bits per heavy atom. The second kappa shape index (κ2) is 10.6. The fourth-order valence-electron chi connectivity index (χ4n) is 4.48. The molecule has 0 aliphatic carbocycles. The van der Waals surface area contributed by atoms with Crippen molar-refractivity contribution in [3.63, 3.8) is 0 Å². The van der Waals surface area contributed by atoms with Crippen LogP contribution >= 0.6 is 0 Å². The van der Waals surface area contributed by atoms with Gasteiger partial charge in [0.15, 0.2) is 0 Å². The SMILES string of the molecule is C[C@@H](C(=O)N1CCN(c2ccccc2)CC1)N1CCN(C/C=C/c2ccccc2)CC1. The molecule has 2 aromatic carbocycles. The quantitative estimate of drug-likeness (QED) is 0.721. The zero-order valence-electron chi connectivity index (χ0n) is 18.6. The van der Waals surface area contributed by atoms with E-state index in [9.17, 15) is 4.79 Å². The first-order valence-electron chi connectivity index (χ1n) is 11.5. The van der Waals surface area contributed by atoms with Crippen molar-refractivity contribution in [1.82, 2.24) is 14.7 Å². The minimum atomic E-state index is -0.0368. The summed E-state index contributed by atoms with van der Waals surface area (Å²) in [5.41, 5.74) is 2.49. The molecule has 0 spiro atoms. The highest BCUT2D eigenvalue weighted by Crippen LogP contribution is 2.17. The molecule has 0 bridgehead atoms. The van der Waals surface area contributed by atoms with Crippen molar-refractivity contribution in [2.45, 2.75) is 13.0 Å². The Bertz CT molecular complexity index is 838. The van der Waals surface area contributed by atoms with Gasteiger partial charge >= 0.3 is 0 Å². The summed E-state index contributed by atoms with van der Waals surface area (Å²) in [7, 11) is 0. The molecule has 1 amide bonds. The van der Waals surface area contributed by atoms with Gasteiger partial charge in [-0.05, 0) is 24.6 Å². The molecular formula is C26H34N4O. The van der Waals surface area contributed by atoms with Crippen LogP contribution in [-0.4, -0.2) is 85.6 Å². The molecule has 0 radical (unpaired) electrons. The lowest BCUT2D eigenvalue weighted by Crippen LogP contribution is -2.57. The van der Waals surface area contributed by atoms with E-state index in [1.165, 1.54) is 11.3 Å². The summed E-state index contributed by atoms with van der Waals surface area (Å²) in [6, 6.07) is 20.9. The summed E-state index contributed by atoms with van der Waals surface area (Å²) in [5.74, 6) is 0.283. The number of nitrogens with zero attached hydrogens (tertiary/aromatic N) is 4. The fourth-order valence-corrected chi connectivity index (χ4v) is 4.48. The van der Waals surface area contributed by atoms with E-state index in [0.717, 1.165) is 58.9 Å². The minimum absolute atomic E-state index is 0.0368. The molecule has 2 saturated heterocycles. The van der Waals surface area contributed by atoms with Crippen LogP contribution in [0.4, 0.5) is 5.69 Å². The molecule has 4 rings (SSSR count). The number of rotatable bonds is 6. The highest BCUT2D eigenvalue weighted by atomic mass is 16.2. The van der Waals surface area contributed by atoms with Crippen molar-refractivity contribution in [3.8, 4) is 0 Å². The van der Waals surface area contributed by atoms with Gasteiger partial charge in [0.1, 0.15) is 0 Å². The van der Waals surface area contributed by atoms with Gasteiger partial charge in [-0.25, -0.2) is 0 Å². The average molecular weight is 419 g/mol. The van der Waals surface area contributed by atoms with Gasteiger partial charge in [0, 0.05) is 64.6 Å². The molecule has 0 saturated carbocycles. The summed E-state index contributed by atoms with van der Waals surface area (Å²) in [6.07, 6.45) is 4.43. The monoisotopic (exact) mass is 418 g/mol. The van der Waals surface area contributed by atoms with Crippen LogP contribution in [0.1, 0.15) is 12.5 Å². The van der Waals surface area contributed by atoms with Crippen LogP contribution in [0.2, 0.25) is 0 Å². The molecule has 164 valence electrons. The van der Waals surface area contributed by atoms with E-state index in [0.29, 0.717) is 0 Å². The van der Waals surface area contributed by atoms with Gasteiger partial charge in [0.25, 0.3) is 0 Å². The molecule has 2 heterocycles. The second-order valence-corrected chi connectivity index (χ2v) is 8.47. The van der Waals surface area contributed by atoms with Crippen LogP contribution in [0.15, 0.2) is 66.7 Å². The molecule has 31 heavy (non-hydrogen) atoms. The minimum Gasteiger partial charge on any atom is -0.368 e. The smallest absolute Gasteiger partial charge is 0.239 e. The van der Waals surface area contributed by atoms with Gasteiger partial charge in [-0.15, -0.1) is 0 Å². The van der Waals surface area contributed by atoms with Gasteiger partial charge < -0.3 is 9.80 Å². The maximum atomic E-state index is 13.1. The van der Waals surface area contributed by atoms with Crippen LogP contribution in [0, 0.1) is 0 Å². The Hall–Kier alpha value is -2.63. The molecule has 1 atom stereocenters. The first kappa shape index (κ1) is 21.6. The molecule has 2 fully saturated rings. The normalized spacial score (nSPS) is 19.6. The zero-order valence-corrected chi connectivity index (χ0v) is 18.6. The number of carbonyl (C=O) groups excluding carboxylic acids is 1. The lowest BCUT2D eigenvalue weighted by Gasteiger charge is -2.41. The maximum Gasteiger partial charge on any atom is 0.239 e. The third kappa shape index (κ3) is 5.75. The third-order valence-corrected chi connectivity index (χ3v) is 6.50. The average Bonchev–Trinajstić information content (AvgIpc) is 2.85. The molecule has 2 aromatic rings. The third-order valence-electron chi connectivity index (χ3n) is 6.50. The number of hydrogen-bond acceptors (Lipinski definition) is 4. The topological polar surface area (TPSA) is 30.0 Å². The molecule has 2 aliphatic rings. The van der Waals surface area contributed by atoms with E-state index in [-0.39, 0.29) is 11.9 Å². The molecule has 2 aliphatic heterocycles.